The molecule has 0 heterocycles. The van der Waals surface area contributed by atoms with Crippen LogP contribution in [0.15, 0.2) is 112 Å². The van der Waals surface area contributed by atoms with Gasteiger partial charge in [-0.2, -0.15) is 0 Å². The molecule has 1 N–H and O–H groups in total. The first-order chi connectivity index (χ1) is 21.1. The summed E-state index contributed by atoms with van der Waals surface area (Å²) in [7, 11) is -2.71. The third-order valence-electron chi connectivity index (χ3n) is 7.11. The average Bonchev–Trinajstić information content (AvgIpc) is 3.03. The fourth-order valence-electron chi connectivity index (χ4n) is 4.80. The number of hydrogen-bond acceptors (Lipinski definition) is 5. The van der Waals surface area contributed by atoms with Gasteiger partial charge in [-0.05, 0) is 61.4 Å². The van der Waals surface area contributed by atoms with Gasteiger partial charge in [0.15, 0.2) is 0 Å². The molecule has 1 atom stereocenters. The highest BCUT2D eigenvalue weighted by Crippen LogP contribution is 2.33. The van der Waals surface area contributed by atoms with Crippen molar-refractivity contribution in [2.45, 2.75) is 37.8 Å². The maximum absolute atomic E-state index is 14.4. The van der Waals surface area contributed by atoms with Gasteiger partial charge in [-0.15, -0.1) is 0 Å². The van der Waals surface area contributed by atoms with Crippen molar-refractivity contribution in [2.75, 3.05) is 24.5 Å². The van der Waals surface area contributed by atoms with Crippen molar-refractivity contribution in [3.05, 3.63) is 124 Å². The number of ether oxygens (including phenoxy) is 1. The molecule has 0 saturated heterocycles. The molecule has 0 aliphatic carbocycles. The van der Waals surface area contributed by atoms with Crippen LogP contribution in [0.3, 0.4) is 0 Å². The number of hydrogen-bond donors (Lipinski definition) is 1. The van der Waals surface area contributed by atoms with Crippen molar-refractivity contribution in [3.63, 3.8) is 0 Å². The molecule has 0 unspecified atom stereocenters. The number of nitrogens with zero attached hydrogens (tertiary/aromatic N) is 2. The van der Waals surface area contributed by atoms with E-state index in [1.165, 1.54) is 24.1 Å². The van der Waals surface area contributed by atoms with Gasteiger partial charge < -0.3 is 15.0 Å². The molecule has 44 heavy (non-hydrogen) atoms. The van der Waals surface area contributed by atoms with Crippen molar-refractivity contribution < 1.29 is 22.7 Å². The molecular weight excluding hydrogens is 642 g/mol. The van der Waals surface area contributed by atoms with Gasteiger partial charge in [-0.3, -0.25) is 13.9 Å². The zero-order valence-corrected chi connectivity index (χ0v) is 27.3. The molecule has 0 fully saturated rings. The zero-order valence-electron chi connectivity index (χ0n) is 24.9. The molecule has 4 aromatic rings. The van der Waals surface area contributed by atoms with Crippen molar-refractivity contribution in [3.8, 4) is 5.75 Å². The van der Waals surface area contributed by atoms with Crippen LogP contribution in [0.1, 0.15) is 23.6 Å². The molecule has 0 aliphatic heterocycles. The molecular formula is C34H36BrN3O5S. The van der Waals surface area contributed by atoms with E-state index in [-0.39, 0.29) is 29.5 Å². The molecule has 230 valence electrons. The van der Waals surface area contributed by atoms with Crippen LogP contribution in [-0.2, 0) is 32.6 Å². The summed E-state index contributed by atoms with van der Waals surface area (Å²) in [6, 6.07) is 29.1. The van der Waals surface area contributed by atoms with Crippen LogP contribution in [-0.4, -0.2) is 51.4 Å². The first-order valence-electron chi connectivity index (χ1n) is 14.2. The molecule has 0 saturated carbocycles. The third-order valence-corrected chi connectivity index (χ3v) is 9.41. The highest BCUT2D eigenvalue weighted by atomic mass is 79.9. The first kappa shape index (κ1) is 32.8. The van der Waals surface area contributed by atoms with Crippen LogP contribution in [0.4, 0.5) is 5.69 Å². The minimum Gasteiger partial charge on any atom is -0.492 e. The molecule has 2 amide bonds. The predicted octanol–water partition coefficient (Wildman–Crippen LogP) is 5.74. The first-order valence-corrected chi connectivity index (χ1v) is 16.5. The maximum Gasteiger partial charge on any atom is 0.264 e. The Morgan fingerprint density at radius 2 is 1.50 bits per heavy atom. The molecule has 0 spiro atoms. The Hall–Kier alpha value is -4.15. The second kappa shape index (κ2) is 15.0. The number of rotatable bonds is 13. The summed E-state index contributed by atoms with van der Waals surface area (Å²) in [6.45, 7) is 3.50. The summed E-state index contributed by atoms with van der Waals surface area (Å²) < 4.78 is 36.2. The van der Waals surface area contributed by atoms with Gasteiger partial charge in [-0.25, -0.2) is 8.42 Å². The van der Waals surface area contributed by atoms with Crippen LogP contribution in [0, 0.1) is 6.92 Å². The van der Waals surface area contributed by atoms with E-state index in [2.05, 4.69) is 21.2 Å². The van der Waals surface area contributed by atoms with E-state index >= 15 is 0 Å². The Morgan fingerprint density at radius 1 is 0.864 bits per heavy atom. The number of benzene rings is 4. The van der Waals surface area contributed by atoms with Gasteiger partial charge in [0.2, 0.25) is 11.8 Å². The van der Waals surface area contributed by atoms with Crippen LogP contribution >= 0.6 is 15.9 Å². The summed E-state index contributed by atoms with van der Waals surface area (Å²) in [6.07, 6.45) is 0.239. The SMILES string of the molecule is CCOc1ccccc1N(CC(=O)N(Cc1ccc(Br)cc1)[C@@H](Cc1ccccc1)C(=O)NC)S(=O)(=O)c1ccc(C)cc1. The average molecular weight is 679 g/mol. The lowest BCUT2D eigenvalue weighted by Crippen LogP contribution is -2.53. The summed E-state index contributed by atoms with van der Waals surface area (Å²) in [5, 5.41) is 2.70. The minimum atomic E-state index is -4.23. The highest BCUT2D eigenvalue weighted by molar-refractivity contribution is 9.10. The van der Waals surface area contributed by atoms with Gasteiger partial charge in [0, 0.05) is 24.5 Å². The summed E-state index contributed by atoms with van der Waals surface area (Å²) in [5.74, 6) is -0.577. The van der Waals surface area contributed by atoms with Crippen LogP contribution in [0.25, 0.3) is 0 Å². The van der Waals surface area contributed by atoms with Gasteiger partial charge in [0.25, 0.3) is 10.0 Å². The predicted molar refractivity (Wildman–Crippen MR) is 176 cm³/mol. The molecule has 0 bridgehead atoms. The fourth-order valence-corrected chi connectivity index (χ4v) is 6.49. The Bertz CT molecular complexity index is 1660. The Labute approximate surface area is 267 Å². The van der Waals surface area contributed by atoms with Crippen LogP contribution < -0.4 is 14.4 Å². The number of anilines is 1. The van der Waals surface area contributed by atoms with E-state index in [4.69, 9.17) is 4.74 Å². The lowest BCUT2D eigenvalue weighted by Gasteiger charge is -2.34. The number of amides is 2. The number of carbonyl (C=O) groups excluding carboxylic acids is 2. The number of para-hydroxylation sites is 2. The Balaban J connectivity index is 1.82. The van der Waals surface area contributed by atoms with Crippen molar-refractivity contribution in [1.82, 2.24) is 10.2 Å². The molecule has 0 radical (unpaired) electrons. The number of aryl methyl sites for hydroxylation is 1. The maximum atomic E-state index is 14.4. The van der Waals surface area contributed by atoms with Crippen LogP contribution in [0.5, 0.6) is 5.75 Å². The number of sulfonamides is 1. The number of halogens is 1. The van der Waals surface area contributed by atoms with Crippen LogP contribution in [0.2, 0.25) is 0 Å². The van der Waals surface area contributed by atoms with Crippen molar-refractivity contribution in [1.29, 1.82) is 0 Å². The normalized spacial score (nSPS) is 11.8. The van der Waals surface area contributed by atoms with Gasteiger partial charge in [0.05, 0.1) is 17.2 Å². The Kier molecular flexibility index (Phi) is 11.2. The number of carbonyl (C=O) groups is 2. The lowest BCUT2D eigenvalue weighted by molar-refractivity contribution is -0.139. The lowest BCUT2D eigenvalue weighted by atomic mass is 10.0. The third kappa shape index (κ3) is 8.06. The van der Waals surface area contributed by atoms with Gasteiger partial charge in [-0.1, -0.05) is 88.2 Å². The van der Waals surface area contributed by atoms with Gasteiger partial charge in [0.1, 0.15) is 18.3 Å². The van der Waals surface area contributed by atoms with Gasteiger partial charge >= 0.3 is 0 Å². The van der Waals surface area contributed by atoms with E-state index in [0.717, 1.165) is 25.5 Å². The van der Waals surface area contributed by atoms with Crippen molar-refractivity contribution >= 4 is 43.5 Å². The van der Waals surface area contributed by atoms with E-state index < -0.39 is 28.5 Å². The summed E-state index contributed by atoms with van der Waals surface area (Å²) >= 11 is 3.44. The fraction of sp³-hybridized carbons (Fsp3) is 0.235. The largest absolute Gasteiger partial charge is 0.492 e. The topological polar surface area (TPSA) is 96.0 Å². The monoisotopic (exact) mass is 677 g/mol. The number of likely N-dealkylation sites (N-methyl/N-ethyl adjacent to an activating group) is 1. The molecule has 8 nitrogen and oxygen atoms in total. The second-order valence-electron chi connectivity index (χ2n) is 10.2. The molecule has 4 rings (SSSR count). The van der Waals surface area contributed by atoms with E-state index in [1.807, 2.05) is 61.5 Å². The molecule has 0 aromatic heterocycles. The second-order valence-corrected chi connectivity index (χ2v) is 13.0. The number of nitrogens with one attached hydrogen (secondary N) is 1. The quantitative estimate of drug-likeness (QED) is 0.195. The smallest absolute Gasteiger partial charge is 0.264 e. The molecule has 0 aliphatic rings. The van der Waals surface area contributed by atoms with E-state index in [9.17, 15) is 18.0 Å². The standard InChI is InChI=1S/C34H36BrN3O5S/c1-4-43-32-13-9-8-12-30(32)38(44(41,42)29-20-14-25(2)15-21-29)24-33(39)37(23-27-16-18-28(35)19-17-27)31(34(40)36-3)22-26-10-6-5-7-11-26/h5-21,31H,4,22-24H2,1-3H3,(H,36,40)/t31-/m0/s1. The molecule has 10 heteroatoms. The minimum absolute atomic E-state index is 0.0359. The summed E-state index contributed by atoms with van der Waals surface area (Å²) in [5.41, 5.74) is 2.77. The Morgan fingerprint density at radius 3 is 2.14 bits per heavy atom. The zero-order chi connectivity index (χ0) is 31.7. The van der Waals surface area contributed by atoms with E-state index in [1.54, 1.807) is 43.3 Å². The van der Waals surface area contributed by atoms with Crippen molar-refractivity contribution in [2.24, 2.45) is 0 Å². The molecule has 4 aromatic carbocycles. The van der Waals surface area contributed by atoms with E-state index in [0.29, 0.717) is 12.4 Å². The summed E-state index contributed by atoms with van der Waals surface area (Å²) in [4.78, 5) is 29.3. The highest BCUT2D eigenvalue weighted by Gasteiger charge is 2.35.